The third kappa shape index (κ3) is 1.93. The van der Waals surface area contributed by atoms with E-state index in [-0.39, 0.29) is 0 Å². The number of rotatable bonds is 3. The number of nitrogen functional groups attached to an aromatic ring is 1. The summed E-state index contributed by atoms with van der Waals surface area (Å²) in [6.07, 6.45) is 0. The predicted molar refractivity (Wildman–Crippen MR) is 69.3 cm³/mol. The molecule has 2 N–H and O–H groups in total. The molecule has 2 aromatic carbocycles. The van der Waals surface area contributed by atoms with Gasteiger partial charge in [-0.2, -0.15) is 0 Å². The zero-order valence-corrected chi connectivity index (χ0v) is 10.2. The van der Waals surface area contributed by atoms with Crippen LogP contribution < -0.4 is 15.2 Å². The van der Waals surface area contributed by atoms with Gasteiger partial charge in [0, 0.05) is 0 Å². The maximum atomic E-state index is 5.78. The molecule has 6 heteroatoms. The molecule has 1 heterocycles. The Morgan fingerprint density at radius 3 is 2.47 bits per heavy atom. The maximum absolute atomic E-state index is 5.78. The number of ether oxygens (including phenoxy) is 2. The molecular formula is C13H11N3O3. The van der Waals surface area contributed by atoms with Gasteiger partial charge in [0.1, 0.15) is 0 Å². The number of methoxy groups -OCH3 is 1. The van der Waals surface area contributed by atoms with Gasteiger partial charge in [-0.1, -0.05) is 12.1 Å². The molecule has 0 amide bonds. The number of aromatic nitrogens is 2. The van der Waals surface area contributed by atoms with Crippen molar-refractivity contribution in [2.45, 2.75) is 0 Å². The van der Waals surface area contributed by atoms with E-state index in [1.54, 1.807) is 25.3 Å². The summed E-state index contributed by atoms with van der Waals surface area (Å²) in [5.41, 5.74) is 7.22. The molecule has 0 atom stereocenters. The lowest BCUT2D eigenvalue weighted by atomic mass is 10.2. The molecule has 0 unspecified atom stereocenters. The first-order chi connectivity index (χ1) is 9.29. The van der Waals surface area contributed by atoms with E-state index >= 15 is 0 Å². The molecule has 0 spiro atoms. The van der Waals surface area contributed by atoms with E-state index in [1.165, 1.54) is 0 Å². The average molecular weight is 257 g/mol. The number of anilines is 1. The van der Waals surface area contributed by atoms with Crippen LogP contribution in [0.4, 0.5) is 5.69 Å². The fourth-order valence-corrected chi connectivity index (χ4v) is 1.77. The number of hydrogen-bond donors (Lipinski definition) is 1. The van der Waals surface area contributed by atoms with Gasteiger partial charge in [0.25, 0.3) is 0 Å². The van der Waals surface area contributed by atoms with Crippen molar-refractivity contribution in [3.8, 4) is 17.2 Å². The Balaban J connectivity index is 2.06. The average Bonchev–Trinajstić information content (AvgIpc) is 2.93. The Labute approximate surface area is 108 Å². The van der Waals surface area contributed by atoms with E-state index in [0.29, 0.717) is 34.0 Å². The number of benzene rings is 2. The van der Waals surface area contributed by atoms with E-state index in [9.17, 15) is 0 Å². The van der Waals surface area contributed by atoms with Crippen LogP contribution in [0.3, 0.4) is 0 Å². The minimum absolute atomic E-state index is 0.478. The number of para-hydroxylation sites is 2. The minimum atomic E-state index is 0.478. The zero-order chi connectivity index (χ0) is 13.2. The van der Waals surface area contributed by atoms with Crippen molar-refractivity contribution in [1.82, 2.24) is 10.3 Å². The van der Waals surface area contributed by atoms with Gasteiger partial charge < -0.3 is 15.2 Å². The molecule has 6 nitrogen and oxygen atoms in total. The molecule has 0 aliphatic rings. The highest BCUT2D eigenvalue weighted by atomic mass is 16.6. The van der Waals surface area contributed by atoms with Gasteiger partial charge >= 0.3 is 0 Å². The highest BCUT2D eigenvalue weighted by molar-refractivity contribution is 5.90. The third-order valence-corrected chi connectivity index (χ3v) is 2.70. The van der Waals surface area contributed by atoms with Crippen molar-refractivity contribution in [2.75, 3.05) is 12.8 Å². The predicted octanol–water partition coefficient (Wildman–Crippen LogP) is 2.61. The fourth-order valence-electron chi connectivity index (χ4n) is 1.77. The monoisotopic (exact) mass is 257 g/mol. The topological polar surface area (TPSA) is 83.4 Å². The van der Waals surface area contributed by atoms with Gasteiger partial charge in [0.15, 0.2) is 28.3 Å². The van der Waals surface area contributed by atoms with Gasteiger partial charge in [-0.3, -0.25) is 0 Å². The molecule has 0 fully saturated rings. The first-order valence-electron chi connectivity index (χ1n) is 5.61. The normalized spacial score (nSPS) is 10.6. The van der Waals surface area contributed by atoms with Crippen molar-refractivity contribution in [1.29, 1.82) is 0 Å². The van der Waals surface area contributed by atoms with Crippen LogP contribution in [0.2, 0.25) is 0 Å². The fraction of sp³-hybridized carbons (Fsp3) is 0.0769. The summed E-state index contributed by atoms with van der Waals surface area (Å²) in [4.78, 5) is 0. The van der Waals surface area contributed by atoms with Gasteiger partial charge in [0.05, 0.1) is 12.8 Å². The highest BCUT2D eigenvalue weighted by Crippen LogP contribution is 2.35. The summed E-state index contributed by atoms with van der Waals surface area (Å²) in [7, 11) is 1.58. The van der Waals surface area contributed by atoms with Gasteiger partial charge in [-0.25, -0.2) is 4.63 Å². The van der Waals surface area contributed by atoms with Crippen molar-refractivity contribution >= 4 is 16.7 Å². The molecule has 0 aliphatic carbocycles. The molecule has 19 heavy (non-hydrogen) atoms. The summed E-state index contributed by atoms with van der Waals surface area (Å²) in [5.74, 6) is 1.72. The van der Waals surface area contributed by atoms with E-state index < -0.39 is 0 Å². The van der Waals surface area contributed by atoms with Crippen LogP contribution in [-0.4, -0.2) is 17.4 Å². The van der Waals surface area contributed by atoms with Gasteiger partial charge in [-0.05, 0) is 34.6 Å². The lowest BCUT2D eigenvalue weighted by molar-refractivity contribution is 0.314. The molecule has 1 aromatic heterocycles. The second-order valence-corrected chi connectivity index (χ2v) is 3.87. The largest absolute Gasteiger partial charge is 0.493 e. The van der Waals surface area contributed by atoms with E-state index in [2.05, 4.69) is 14.9 Å². The lowest BCUT2D eigenvalue weighted by Gasteiger charge is -2.09. The van der Waals surface area contributed by atoms with Crippen LogP contribution in [0.15, 0.2) is 41.0 Å². The zero-order valence-electron chi connectivity index (χ0n) is 10.2. The number of hydrogen-bond acceptors (Lipinski definition) is 6. The van der Waals surface area contributed by atoms with Crippen LogP contribution in [0, 0.1) is 0 Å². The first-order valence-corrected chi connectivity index (χ1v) is 5.61. The summed E-state index contributed by atoms with van der Waals surface area (Å²) < 4.78 is 15.7. The van der Waals surface area contributed by atoms with Crippen molar-refractivity contribution in [3.05, 3.63) is 36.4 Å². The number of fused-ring (bicyclic) bond motifs is 1. The van der Waals surface area contributed by atoms with Crippen molar-refractivity contribution in [2.24, 2.45) is 0 Å². The third-order valence-electron chi connectivity index (χ3n) is 2.70. The Hall–Kier alpha value is -2.76. The molecule has 0 saturated carbocycles. The highest BCUT2D eigenvalue weighted by Gasteiger charge is 2.13. The maximum Gasteiger partial charge on any atom is 0.179 e. The van der Waals surface area contributed by atoms with Crippen LogP contribution in [0.25, 0.3) is 11.0 Å². The smallest absolute Gasteiger partial charge is 0.179 e. The standard InChI is InChI=1S/C13H11N3O3/c1-17-9-4-2-3-5-10(9)18-11-7-6-8(14)12-13(11)16-19-15-12/h2-7H,14H2,1H3. The van der Waals surface area contributed by atoms with E-state index in [0.717, 1.165) is 0 Å². The van der Waals surface area contributed by atoms with Crippen molar-refractivity contribution in [3.63, 3.8) is 0 Å². The summed E-state index contributed by atoms with van der Waals surface area (Å²) in [6, 6.07) is 10.7. The second-order valence-electron chi connectivity index (χ2n) is 3.87. The number of nitrogens with two attached hydrogens (primary N) is 1. The summed E-state index contributed by atoms with van der Waals surface area (Å²) in [5, 5.41) is 7.54. The van der Waals surface area contributed by atoms with Gasteiger partial charge in [0.2, 0.25) is 0 Å². The quantitative estimate of drug-likeness (QED) is 0.726. The molecule has 0 bridgehead atoms. The van der Waals surface area contributed by atoms with Crippen LogP contribution in [0.1, 0.15) is 0 Å². The van der Waals surface area contributed by atoms with Crippen LogP contribution >= 0.6 is 0 Å². The Morgan fingerprint density at radius 2 is 1.68 bits per heavy atom. The first kappa shape index (κ1) is 11.3. The number of nitrogens with zero attached hydrogens (tertiary/aromatic N) is 2. The molecule has 0 radical (unpaired) electrons. The molecule has 0 saturated heterocycles. The molecule has 96 valence electrons. The Morgan fingerprint density at radius 1 is 0.947 bits per heavy atom. The molecule has 0 aliphatic heterocycles. The van der Waals surface area contributed by atoms with E-state index in [1.807, 2.05) is 18.2 Å². The molecule has 3 aromatic rings. The second kappa shape index (κ2) is 4.49. The Kier molecular flexibility index (Phi) is 2.68. The Bertz CT molecular complexity index is 724. The molecular weight excluding hydrogens is 246 g/mol. The summed E-state index contributed by atoms with van der Waals surface area (Å²) >= 11 is 0. The minimum Gasteiger partial charge on any atom is -0.493 e. The molecule has 3 rings (SSSR count). The lowest BCUT2D eigenvalue weighted by Crippen LogP contribution is -1.92. The summed E-state index contributed by atoms with van der Waals surface area (Å²) in [6.45, 7) is 0. The van der Waals surface area contributed by atoms with Crippen LogP contribution in [-0.2, 0) is 0 Å². The van der Waals surface area contributed by atoms with E-state index in [4.69, 9.17) is 15.2 Å². The van der Waals surface area contributed by atoms with Crippen LogP contribution in [0.5, 0.6) is 17.2 Å². The van der Waals surface area contributed by atoms with Gasteiger partial charge in [-0.15, -0.1) is 0 Å². The van der Waals surface area contributed by atoms with Crippen molar-refractivity contribution < 1.29 is 14.1 Å². The SMILES string of the molecule is COc1ccccc1Oc1ccc(N)c2nonc12.